The molecule has 0 spiro atoms. The first-order valence-corrected chi connectivity index (χ1v) is 26.2. The number of hydrogen-bond donors (Lipinski definition) is 0. The number of ether oxygens (including phenoxy) is 3. The topological polar surface area (TPSA) is 65.1 Å². The molecule has 0 aromatic rings. The Morgan fingerprint density at radius 2 is 0.810 bits per heavy atom. The van der Waals surface area contributed by atoms with Crippen LogP contribution in [0.1, 0.15) is 265 Å². The molecule has 0 radical (unpaired) electrons. The summed E-state index contributed by atoms with van der Waals surface area (Å²) in [6, 6.07) is 0. The third-order valence-corrected chi connectivity index (χ3v) is 12.9. The second-order valence-corrected chi connectivity index (χ2v) is 18.4. The largest absolute Gasteiger partial charge is 0.466 e. The Kier molecular flexibility index (Phi) is 40.3. The third kappa shape index (κ3) is 35.6. The van der Waals surface area contributed by atoms with Gasteiger partial charge in [-0.2, -0.15) is 0 Å². The first kappa shape index (κ1) is 54.9. The summed E-state index contributed by atoms with van der Waals surface area (Å²) in [6.07, 6.45) is 44.5. The number of nitrogens with zero attached hydrogens (tertiary/aromatic N) is 1. The third-order valence-electron chi connectivity index (χ3n) is 12.9. The van der Waals surface area contributed by atoms with Crippen LogP contribution in [0.4, 0.5) is 0 Å². The van der Waals surface area contributed by atoms with Crippen LogP contribution in [0.15, 0.2) is 0 Å². The molecule has 0 amide bonds. The smallest absolute Gasteiger partial charge is 0.305 e. The molecule has 58 heavy (non-hydrogen) atoms. The molecule has 1 saturated heterocycles. The minimum absolute atomic E-state index is 0.00116. The molecule has 1 heterocycles. The van der Waals surface area contributed by atoms with Crippen molar-refractivity contribution < 1.29 is 23.8 Å². The molecule has 0 bridgehead atoms. The second-order valence-electron chi connectivity index (χ2n) is 18.4. The van der Waals surface area contributed by atoms with E-state index in [0.29, 0.717) is 38.1 Å². The maximum atomic E-state index is 12.5. The van der Waals surface area contributed by atoms with Crippen molar-refractivity contribution in [2.75, 3.05) is 39.5 Å². The summed E-state index contributed by atoms with van der Waals surface area (Å²) in [7, 11) is 0. The summed E-state index contributed by atoms with van der Waals surface area (Å²) in [5.74, 6) is 1.44. The first-order chi connectivity index (χ1) is 28.5. The zero-order valence-electron chi connectivity index (χ0n) is 39.6. The van der Waals surface area contributed by atoms with E-state index >= 15 is 0 Å². The van der Waals surface area contributed by atoms with E-state index in [0.717, 1.165) is 70.3 Å². The first-order valence-electron chi connectivity index (χ1n) is 26.2. The van der Waals surface area contributed by atoms with Gasteiger partial charge in [-0.3, -0.25) is 9.59 Å². The van der Waals surface area contributed by atoms with Crippen LogP contribution < -0.4 is 0 Å². The summed E-state index contributed by atoms with van der Waals surface area (Å²) < 4.78 is 17.9. The van der Waals surface area contributed by atoms with Gasteiger partial charge >= 0.3 is 11.9 Å². The molecule has 0 N–H and O–H groups in total. The number of hydrogen-bond acceptors (Lipinski definition) is 6. The molecule has 1 aliphatic heterocycles. The average Bonchev–Trinajstić information content (AvgIpc) is 3.22. The van der Waals surface area contributed by atoms with Crippen LogP contribution in [0.5, 0.6) is 0 Å². The van der Waals surface area contributed by atoms with Crippen LogP contribution in [0.3, 0.4) is 0 Å². The Labute approximate surface area is 362 Å². The van der Waals surface area contributed by atoms with Crippen molar-refractivity contribution in [2.45, 2.75) is 271 Å². The van der Waals surface area contributed by atoms with Gasteiger partial charge in [-0.25, -0.2) is 0 Å². The minimum Gasteiger partial charge on any atom is -0.466 e. The zero-order valence-corrected chi connectivity index (χ0v) is 39.6. The molecule has 0 aromatic carbocycles. The highest BCUT2D eigenvalue weighted by atomic mass is 16.5. The zero-order chi connectivity index (χ0) is 42.0. The summed E-state index contributed by atoms with van der Waals surface area (Å²) in [4.78, 5) is 27.5. The van der Waals surface area contributed by atoms with Gasteiger partial charge in [0.2, 0.25) is 0 Å². The maximum absolute atomic E-state index is 12.5. The molecule has 0 saturated carbocycles. The van der Waals surface area contributed by atoms with Crippen LogP contribution in [-0.2, 0) is 23.8 Å². The Morgan fingerprint density at radius 3 is 1.24 bits per heavy atom. The van der Waals surface area contributed by atoms with Crippen LogP contribution in [0.2, 0.25) is 0 Å². The lowest BCUT2D eigenvalue weighted by molar-refractivity contribution is -0.145. The van der Waals surface area contributed by atoms with Crippen molar-refractivity contribution in [1.29, 1.82) is 0 Å². The van der Waals surface area contributed by atoms with Crippen LogP contribution in [0.25, 0.3) is 0 Å². The Balaban J connectivity index is 2.27. The lowest BCUT2D eigenvalue weighted by atomic mass is 9.92. The monoisotopic (exact) mass is 820 g/mol. The van der Waals surface area contributed by atoms with Crippen LogP contribution >= 0.6 is 0 Å². The number of piperidine rings is 1. The van der Waals surface area contributed by atoms with Gasteiger partial charge in [-0.15, -0.1) is 0 Å². The Morgan fingerprint density at radius 1 is 0.414 bits per heavy atom. The number of rotatable bonds is 44. The van der Waals surface area contributed by atoms with E-state index in [2.05, 4.69) is 32.6 Å². The predicted octanol–water partition coefficient (Wildman–Crippen LogP) is 15.5. The van der Waals surface area contributed by atoms with E-state index in [9.17, 15) is 9.59 Å². The molecular weight excluding hydrogens is 719 g/mol. The van der Waals surface area contributed by atoms with Crippen molar-refractivity contribution in [2.24, 2.45) is 11.8 Å². The number of carbonyl (C=O) groups excluding carboxylic acids is 2. The highest BCUT2D eigenvalue weighted by molar-refractivity contribution is 5.69. The summed E-state index contributed by atoms with van der Waals surface area (Å²) >= 11 is 0. The van der Waals surface area contributed by atoms with Gasteiger partial charge in [0, 0.05) is 19.4 Å². The minimum atomic E-state index is 0.00116. The average molecular weight is 820 g/mol. The lowest BCUT2D eigenvalue weighted by Gasteiger charge is -2.26. The van der Waals surface area contributed by atoms with Gasteiger partial charge in [0.15, 0.2) is 0 Å². The second kappa shape index (κ2) is 42.5. The molecular formula is C52H101NO5. The lowest BCUT2D eigenvalue weighted by Crippen LogP contribution is -2.30. The van der Waals surface area contributed by atoms with Crippen LogP contribution in [-0.4, -0.2) is 62.4 Å². The molecule has 6 nitrogen and oxygen atoms in total. The molecule has 0 aliphatic carbocycles. The van der Waals surface area contributed by atoms with Crippen molar-refractivity contribution in [1.82, 2.24) is 4.90 Å². The van der Waals surface area contributed by atoms with E-state index in [1.807, 2.05) is 0 Å². The standard InChI is InChI=1S/C52H101NO5/c1-5-9-20-32-48(33-21-10-6-2)40-46-57-51(54)38-26-16-14-13-15-24-36-50(56-45-31-30-44-53-42-28-19-29-43-53)37-25-17-18-27-39-52(55)58-47-41-49(34-22-11-7-3)35-23-12-8-4/h48-50H,5-47H2,1-4H3. The molecule has 1 atom stereocenters. The molecule has 1 rings (SSSR count). The Hall–Kier alpha value is -1.14. The quantitative estimate of drug-likeness (QED) is 0.0451. The Bertz CT molecular complexity index is 856. The fourth-order valence-electron chi connectivity index (χ4n) is 8.95. The van der Waals surface area contributed by atoms with Gasteiger partial charge in [0.25, 0.3) is 0 Å². The van der Waals surface area contributed by atoms with Gasteiger partial charge in [-0.1, -0.05) is 188 Å². The van der Waals surface area contributed by atoms with E-state index in [1.165, 1.54) is 187 Å². The summed E-state index contributed by atoms with van der Waals surface area (Å²) in [5, 5.41) is 0. The van der Waals surface area contributed by atoms with Gasteiger partial charge in [-0.05, 0) is 95.7 Å². The summed E-state index contributed by atoms with van der Waals surface area (Å²) in [6.45, 7) is 15.0. The molecule has 1 unspecified atom stereocenters. The highest BCUT2D eigenvalue weighted by Gasteiger charge is 2.14. The fourth-order valence-corrected chi connectivity index (χ4v) is 8.95. The van der Waals surface area contributed by atoms with Crippen LogP contribution in [0, 0.1) is 11.8 Å². The van der Waals surface area contributed by atoms with Crippen molar-refractivity contribution in [3.8, 4) is 0 Å². The van der Waals surface area contributed by atoms with E-state index in [4.69, 9.17) is 14.2 Å². The number of carbonyl (C=O) groups is 2. The molecule has 1 aliphatic rings. The fraction of sp³-hybridized carbons (Fsp3) is 0.962. The molecule has 0 aromatic heterocycles. The number of unbranched alkanes of at least 4 members (excludes halogenated alkanes) is 17. The van der Waals surface area contributed by atoms with E-state index < -0.39 is 0 Å². The number of esters is 2. The van der Waals surface area contributed by atoms with Crippen molar-refractivity contribution in [3.05, 3.63) is 0 Å². The maximum Gasteiger partial charge on any atom is 0.305 e. The van der Waals surface area contributed by atoms with Crippen molar-refractivity contribution in [3.63, 3.8) is 0 Å². The molecule has 344 valence electrons. The highest BCUT2D eigenvalue weighted by Crippen LogP contribution is 2.23. The van der Waals surface area contributed by atoms with E-state index in [-0.39, 0.29) is 11.9 Å². The number of likely N-dealkylation sites (tertiary alicyclic amines) is 1. The van der Waals surface area contributed by atoms with Gasteiger partial charge < -0.3 is 19.1 Å². The van der Waals surface area contributed by atoms with Gasteiger partial charge in [0.1, 0.15) is 0 Å². The predicted molar refractivity (Wildman–Crippen MR) is 249 cm³/mol. The van der Waals surface area contributed by atoms with Crippen molar-refractivity contribution >= 4 is 11.9 Å². The van der Waals surface area contributed by atoms with Gasteiger partial charge in [0.05, 0.1) is 19.3 Å². The normalized spacial score (nSPS) is 14.1. The SMILES string of the molecule is CCCCCC(CCCCC)CCOC(=O)CCCCCCCCC(CCCCCCC(=O)OCCC(CCCCC)CCCCC)OCCCCN1CCCCC1. The molecule has 6 heteroatoms. The van der Waals surface area contributed by atoms with E-state index in [1.54, 1.807) is 0 Å². The summed E-state index contributed by atoms with van der Waals surface area (Å²) in [5.41, 5.74) is 0. The molecule has 1 fully saturated rings.